The Labute approximate surface area is 117 Å². The molecule has 100 valence electrons. The van der Waals surface area contributed by atoms with Crippen LogP contribution in [0.15, 0.2) is 8.68 Å². The molecule has 0 aliphatic heterocycles. The maximum atomic E-state index is 11.4. The molecular weight excluding hydrogens is 294 g/mol. The van der Waals surface area contributed by atoms with Gasteiger partial charge in [-0.25, -0.2) is 0 Å². The highest BCUT2D eigenvalue weighted by Crippen LogP contribution is 2.28. The number of nitrogens with zero attached hydrogens (tertiary/aromatic N) is 2. The molecular formula is C9H13N3O3S3. The van der Waals surface area contributed by atoms with Gasteiger partial charge in [-0.1, -0.05) is 41.8 Å². The van der Waals surface area contributed by atoms with Crippen molar-refractivity contribution in [3.05, 3.63) is 0 Å². The topological polar surface area (TPSA) is 81.2 Å². The van der Waals surface area contributed by atoms with Gasteiger partial charge in [0.05, 0.1) is 12.9 Å². The Kier molecular flexibility index (Phi) is 7.06. The van der Waals surface area contributed by atoms with Crippen LogP contribution in [-0.4, -0.2) is 47.2 Å². The van der Waals surface area contributed by atoms with Crippen LogP contribution >= 0.6 is 34.9 Å². The second-order valence-corrected chi connectivity index (χ2v) is 6.62. The van der Waals surface area contributed by atoms with Crippen molar-refractivity contribution in [2.45, 2.75) is 15.6 Å². The molecule has 1 aromatic rings. The second-order valence-electron chi connectivity index (χ2n) is 2.91. The number of rotatable bonds is 7. The highest BCUT2D eigenvalue weighted by Gasteiger charge is 2.09. The molecule has 0 saturated carbocycles. The van der Waals surface area contributed by atoms with Crippen LogP contribution in [0.4, 0.5) is 0 Å². The predicted octanol–water partition coefficient (Wildman–Crippen LogP) is 1.03. The number of ether oxygens (including phenoxy) is 1. The molecule has 1 aromatic heterocycles. The molecule has 1 N–H and O–H groups in total. The summed E-state index contributed by atoms with van der Waals surface area (Å²) in [6, 6.07) is 0. The Morgan fingerprint density at radius 3 is 2.61 bits per heavy atom. The Hall–Kier alpha value is -0.800. The number of carbonyl (C=O) groups excluding carboxylic acids is 2. The first-order valence-electron chi connectivity index (χ1n) is 5.08. The van der Waals surface area contributed by atoms with Gasteiger partial charge in [-0.05, 0) is 5.75 Å². The van der Waals surface area contributed by atoms with Gasteiger partial charge in [-0.2, -0.15) is 0 Å². The van der Waals surface area contributed by atoms with E-state index in [2.05, 4.69) is 20.3 Å². The van der Waals surface area contributed by atoms with Crippen LogP contribution in [0.3, 0.4) is 0 Å². The van der Waals surface area contributed by atoms with Crippen LogP contribution in [0, 0.1) is 0 Å². The van der Waals surface area contributed by atoms with Gasteiger partial charge in [-0.15, -0.1) is 10.2 Å². The number of esters is 1. The molecule has 1 heterocycles. The van der Waals surface area contributed by atoms with E-state index in [1.54, 1.807) is 11.8 Å². The lowest BCUT2D eigenvalue weighted by molar-refractivity contribution is -0.140. The van der Waals surface area contributed by atoms with E-state index in [1.807, 2.05) is 6.92 Å². The van der Waals surface area contributed by atoms with Crippen molar-refractivity contribution in [1.29, 1.82) is 0 Å². The van der Waals surface area contributed by atoms with Crippen LogP contribution in [0.1, 0.15) is 6.92 Å². The first-order valence-corrected chi connectivity index (χ1v) is 7.87. The molecule has 6 nitrogen and oxygen atoms in total. The lowest BCUT2D eigenvalue weighted by Crippen LogP contribution is -2.31. The Morgan fingerprint density at radius 1 is 1.33 bits per heavy atom. The number of thioether (sulfide) groups is 2. The Balaban J connectivity index is 2.26. The molecule has 0 radical (unpaired) electrons. The van der Waals surface area contributed by atoms with E-state index in [-0.39, 0.29) is 18.2 Å². The van der Waals surface area contributed by atoms with Crippen LogP contribution in [-0.2, 0) is 14.3 Å². The van der Waals surface area contributed by atoms with Gasteiger partial charge in [0.1, 0.15) is 6.54 Å². The minimum Gasteiger partial charge on any atom is -0.468 e. The third-order valence-corrected chi connectivity index (χ3v) is 4.71. The van der Waals surface area contributed by atoms with Gasteiger partial charge < -0.3 is 10.1 Å². The molecule has 18 heavy (non-hydrogen) atoms. The molecule has 0 unspecified atom stereocenters. The first-order chi connectivity index (χ1) is 8.65. The zero-order valence-electron chi connectivity index (χ0n) is 9.97. The average molecular weight is 307 g/mol. The fourth-order valence-electron chi connectivity index (χ4n) is 0.859. The largest absolute Gasteiger partial charge is 0.468 e. The van der Waals surface area contributed by atoms with Gasteiger partial charge in [0, 0.05) is 0 Å². The van der Waals surface area contributed by atoms with Gasteiger partial charge in [0.2, 0.25) is 5.91 Å². The van der Waals surface area contributed by atoms with Crippen molar-refractivity contribution in [2.75, 3.05) is 25.2 Å². The SMILES string of the molecule is CCSc1nnc(SCC(=O)NCC(=O)OC)s1. The van der Waals surface area contributed by atoms with Crippen LogP contribution in [0.5, 0.6) is 0 Å². The zero-order valence-corrected chi connectivity index (χ0v) is 12.4. The molecule has 1 rings (SSSR count). The van der Waals surface area contributed by atoms with Crippen molar-refractivity contribution in [1.82, 2.24) is 15.5 Å². The Morgan fingerprint density at radius 2 is 2.00 bits per heavy atom. The summed E-state index contributed by atoms with van der Waals surface area (Å²) >= 11 is 4.38. The van der Waals surface area contributed by atoms with Crippen molar-refractivity contribution in [3.63, 3.8) is 0 Å². The lowest BCUT2D eigenvalue weighted by atomic mass is 10.6. The van der Waals surface area contributed by atoms with Gasteiger partial charge in [0.15, 0.2) is 8.68 Å². The monoisotopic (exact) mass is 307 g/mol. The standard InChI is InChI=1S/C9H13N3O3S3/c1-3-16-8-11-12-9(18-8)17-5-6(13)10-4-7(14)15-2/h3-5H2,1-2H3,(H,10,13). The third kappa shape index (κ3) is 5.69. The van der Waals surface area contributed by atoms with Gasteiger partial charge in [-0.3, -0.25) is 9.59 Å². The minimum atomic E-state index is -0.467. The summed E-state index contributed by atoms with van der Waals surface area (Å²) in [6.45, 7) is 1.93. The molecule has 0 saturated heterocycles. The van der Waals surface area contributed by atoms with Crippen molar-refractivity contribution in [2.24, 2.45) is 0 Å². The van der Waals surface area contributed by atoms with Gasteiger partial charge in [0.25, 0.3) is 0 Å². The van der Waals surface area contributed by atoms with E-state index in [1.165, 1.54) is 30.2 Å². The fourth-order valence-corrected chi connectivity index (χ4v) is 3.61. The summed E-state index contributed by atoms with van der Waals surface area (Å²) in [5, 5.41) is 10.4. The fraction of sp³-hybridized carbons (Fsp3) is 0.556. The van der Waals surface area contributed by atoms with E-state index in [4.69, 9.17) is 0 Å². The highest BCUT2D eigenvalue weighted by molar-refractivity contribution is 8.03. The number of aromatic nitrogens is 2. The molecule has 0 atom stereocenters. The molecule has 9 heteroatoms. The maximum absolute atomic E-state index is 11.4. The Bertz CT molecular complexity index is 411. The molecule has 0 spiro atoms. The van der Waals surface area contributed by atoms with Crippen molar-refractivity contribution >= 4 is 46.7 Å². The van der Waals surface area contributed by atoms with Crippen LogP contribution in [0.25, 0.3) is 0 Å². The normalized spacial score (nSPS) is 10.1. The summed E-state index contributed by atoms with van der Waals surface area (Å²) < 4.78 is 6.06. The number of nitrogens with one attached hydrogen (secondary N) is 1. The van der Waals surface area contributed by atoms with E-state index < -0.39 is 5.97 Å². The van der Waals surface area contributed by atoms with Crippen LogP contribution in [0.2, 0.25) is 0 Å². The van der Waals surface area contributed by atoms with E-state index in [0.29, 0.717) is 0 Å². The van der Waals surface area contributed by atoms with E-state index in [9.17, 15) is 9.59 Å². The lowest BCUT2D eigenvalue weighted by Gasteiger charge is -2.01. The first kappa shape index (κ1) is 15.3. The number of carbonyl (C=O) groups is 2. The molecule has 0 bridgehead atoms. The molecule has 1 amide bonds. The van der Waals surface area contributed by atoms with Crippen molar-refractivity contribution in [3.8, 4) is 0 Å². The van der Waals surface area contributed by atoms with E-state index in [0.717, 1.165) is 14.4 Å². The quantitative estimate of drug-likeness (QED) is 0.595. The highest BCUT2D eigenvalue weighted by atomic mass is 32.2. The van der Waals surface area contributed by atoms with Crippen LogP contribution < -0.4 is 5.32 Å². The summed E-state index contributed by atoms with van der Waals surface area (Å²) in [7, 11) is 1.28. The number of amides is 1. The number of hydrogen-bond acceptors (Lipinski definition) is 8. The minimum absolute atomic E-state index is 0.108. The summed E-state index contributed by atoms with van der Waals surface area (Å²) in [4.78, 5) is 22.2. The molecule has 0 aliphatic carbocycles. The smallest absolute Gasteiger partial charge is 0.325 e. The second kappa shape index (κ2) is 8.33. The number of hydrogen-bond donors (Lipinski definition) is 1. The van der Waals surface area contributed by atoms with Gasteiger partial charge >= 0.3 is 5.97 Å². The van der Waals surface area contributed by atoms with E-state index >= 15 is 0 Å². The maximum Gasteiger partial charge on any atom is 0.325 e. The summed E-state index contributed by atoms with van der Waals surface area (Å²) in [5.74, 6) is 0.456. The third-order valence-electron chi connectivity index (χ3n) is 1.64. The summed E-state index contributed by atoms with van der Waals surface area (Å²) in [5.41, 5.74) is 0. The summed E-state index contributed by atoms with van der Waals surface area (Å²) in [6.07, 6.45) is 0. The molecule has 0 aliphatic rings. The zero-order chi connectivity index (χ0) is 13.4. The predicted molar refractivity (Wildman–Crippen MR) is 72.1 cm³/mol. The number of methoxy groups -OCH3 is 1. The average Bonchev–Trinajstić information content (AvgIpc) is 2.81. The molecule has 0 fully saturated rings. The van der Waals surface area contributed by atoms with Crippen molar-refractivity contribution < 1.29 is 14.3 Å². The molecule has 0 aromatic carbocycles.